The van der Waals surface area contributed by atoms with Crippen LogP contribution in [-0.4, -0.2) is 60.0 Å². The molecule has 1 unspecified atom stereocenters. The van der Waals surface area contributed by atoms with E-state index in [-0.39, 0.29) is 6.04 Å². The summed E-state index contributed by atoms with van der Waals surface area (Å²) in [5.41, 5.74) is 6.20. The highest BCUT2D eigenvalue weighted by molar-refractivity contribution is 7.99. The molecule has 0 aliphatic carbocycles. The Morgan fingerprint density at radius 3 is 2.68 bits per heavy atom. The maximum atomic E-state index is 6.20. The number of nitrogens with zero attached hydrogens (tertiary/aromatic N) is 3. The van der Waals surface area contributed by atoms with Gasteiger partial charge in [0.15, 0.2) is 5.96 Å². The van der Waals surface area contributed by atoms with Crippen LogP contribution in [0.4, 0.5) is 0 Å². The van der Waals surface area contributed by atoms with Gasteiger partial charge in [-0.25, -0.2) is 0 Å². The van der Waals surface area contributed by atoms with Gasteiger partial charge in [-0.15, -0.1) is 0 Å². The topological polar surface area (TPSA) is 58.0 Å². The van der Waals surface area contributed by atoms with Gasteiger partial charge in [0.25, 0.3) is 0 Å². The molecule has 0 amide bonds. The van der Waals surface area contributed by atoms with Crippen molar-refractivity contribution in [1.29, 1.82) is 0 Å². The van der Waals surface area contributed by atoms with Crippen molar-refractivity contribution in [2.45, 2.75) is 25.3 Å². The Bertz CT molecular complexity index is 465. The fraction of sp³-hybridized carbons (Fsp3) is 0.688. The maximum absolute atomic E-state index is 6.20. The summed E-state index contributed by atoms with van der Waals surface area (Å²) in [5, 5.41) is 0. The van der Waals surface area contributed by atoms with Crippen LogP contribution < -0.4 is 5.73 Å². The summed E-state index contributed by atoms with van der Waals surface area (Å²) >= 11 is 1.99. The molecule has 0 radical (unpaired) electrons. The molecule has 22 heavy (non-hydrogen) atoms. The standard InChI is InChI=1S/C16H26N4OS/c17-16(20-8-11-22-12-9-20)18-13-14(15-5-4-10-21-15)19-6-2-1-3-7-19/h4-5,10,14H,1-3,6-9,11-13H2,(H2,17,18). The highest BCUT2D eigenvalue weighted by atomic mass is 32.2. The Morgan fingerprint density at radius 2 is 2.00 bits per heavy atom. The summed E-state index contributed by atoms with van der Waals surface area (Å²) in [6, 6.07) is 4.23. The van der Waals surface area contributed by atoms with Gasteiger partial charge in [0.05, 0.1) is 18.8 Å². The first-order chi connectivity index (χ1) is 10.8. The molecular formula is C16H26N4OS. The number of piperidine rings is 1. The first-order valence-electron chi connectivity index (χ1n) is 8.24. The van der Waals surface area contributed by atoms with Crippen molar-refractivity contribution in [3.63, 3.8) is 0 Å². The average Bonchev–Trinajstić information content (AvgIpc) is 3.11. The van der Waals surface area contributed by atoms with E-state index in [2.05, 4.69) is 20.9 Å². The first-order valence-corrected chi connectivity index (χ1v) is 9.40. The van der Waals surface area contributed by atoms with Crippen LogP contribution in [0.25, 0.3) is 0 Å². The molecule has 122 valence electrons. The molecule has 1 atom stereocenters. The van der Waals surface area contributed by atoms with Crippen molar-refractivity contribution in [2.24, 2.45) is 10.7 Å². The minimum atomic E-state index is 0.216. The largest absolute Gasteiger partial charge is 0.468 e. The highest BCUT2D eigenvalue weighted by Gasteiger charge is 2.24. The predicted octanol–water partition coefficient (Wildman–Crippen LogP) is 2.17. The Hall–Kier alpha value is -1.14. The van der Waals surface area contributed by atoms with E-state index in [0.29, 0.717) is 12.5 Å². The van der Waals surface area contributed by atoms with Crippen LogP contribution in [0.1, 0.15) is 31.1 Å². The number of hydrogen-bond donors (Lipinski definition) is 1. The van der Waals surface area contributed by atoms with Crippen molar-refractivity contribution in [1.82, 2.24) is 9.80 Å². The Labute approximate surface area is 136 Å². The second kappa shape index (κ2) is 7.92. The van der Waals surface area contributed by atoms with Gasteiger partial charge in [0, 0.05) is 24.6 Å². The van der Waals surface area contributed by atoms with E-state index < -0.39 is 0 Å². The monoisotopic (exact) mass is 322 g/mol. The number of guanidine groups is 1. The normalized spacial score (nSPS) is 22.7. The van der Waals surface area contributed by atoms with Gasteiger partial charge < -0.3 is 15.1 Å². The summed E-state index contributed by atoms with van der Waals surface area (Å²) < 4.78 is 5.66. The lowest BCUT2D eigenvalue weighted by Crippen LogP contribution is -2.43. The molecule has 3 heterocycles. The van der Waals surface area contributed by atoms with E-state index >= 15 is 0 Å². The number of rotatable bonds is 4. The van der Waals surface area contributed by atoms with Gasteiger partial charge in [-0.2, -0.15) is 11.8 Å². The van der Waals surface area contributed by atoms with Crippen molar-refractivity contribution in [3.05, 3.63) is 24.2 Å². The van der Waals surface area contributed by atoms with Crippen LogP contribution in [0.3, 0.4) is 0 Å². The average molecular weight is 322 g/mol. The molecule has 2 N–H and O–H groups in total. The van der Waals surface area contributed by atoms with E-state index in [4.69, 9.17) is 10.2 Å². The lowest BCUT2D eigenvalue weighted by Gasteiger charge is -2.33. The number of likely N-dealkylation sites (tertiary alicyclic amines) is 1. The zero-order chi connectivity index (χ0) is 15.2. The molecule has 1 aromatic heterocycles. The van der Waals surface area contributed by atoms with Crippen LogP contribution in [-0.2, 0) is 0 Å². The third-order valence-corrected chi connectivity index (χ3v) is 5.41. The van der Waals surface area contributed by atoms with Gasteiger partial charge in [-0.1, -0.05) is 6.42 Å². The molecule has 0 spiro atoms. The lowest BCUT2D eigenvalue weighted by atomic mass is 10.1. The minimum absolute atomic E-state index is 0.216. The SMILES string of the molecule is NC(=NCC(c1ccco1)N1CCCCC1)N1CCSCC1. The minimum Gasteiger partial charge on any atom is -0.468 e. The van der Waals surface area contributed by atoms with Crippen molar-refractivity contribution in [3.8, 4) is 0 Å². The zero-order valence-corrected chi connectivity index (χ0v) is 13.9. The van der Waals surface area contributed by atoms with E-state index in [1.165, 1.54) is 19.3 Å². The molecule has 2 aliphatic heterocycles. The summed E-state index contributed by atoms with van der Waals surface area (Å²) in [5.74, 6) is 3.98. The maximum Gasteiger partial charge on any atom is 0.191 e. The van der Waals surface area contributed by atoms with Crippen molar-refractivity contribution in [2.75, 3.05) is 44.2 Å². The van der Waals surface area contributed by atoms with E-state index in [0.717, 1.165) is 43.4 Å². The Balaban J connectivity index is 1.66. The number of hydrogen-bond acceptors (Lipinski definition) is 4. The summed E-state index contributed by atoms with van der Waals surface area (Å²) in [6.07, 6.45) is 5.61. The molecule has 2 saturated heterocycles. The Kier molecular flexibility index (Phi) is 5.67. The number of thioether (sulfide) groups is 1. The van der Waals surface area contributed by atoms with Gasteiger partial charge >= 0.3 is 0 Å². The van der Waals surface area contributed by atoms with Gasteiger partial charge in [-0.3, -0.25) is 9.89 Å². The van der Waals surface area contributed by atoms with Crippen LogP contribution in [0.5, 0.6) is 0 Å². The second-order valence-electron chi connectivity index (χ2n) is 5.93. The summed E-state index contributed by atoms with van der Waals surface area (Å²) in [4.78, 5) is 9.38. The van der Waals surface area contributed by atoms with Gasteiger partial charge in [0.2, 0.25) is 0 Å². The van der Waals surface area contributed by atoms with Gasteiger partial charge in [-0.05, 0) is 38.1 Å². The third-order valence-electron chi connectivity index (χ3n) is 4.46. The van der Waals surface area contributed by atoms with E-state index in [1.807, 2.05) is 17.8 Å². The van der Waals surface area contributed by atoms with Crippen LogP contribution in [0.2, 0.25) is 0 Å². The van der Waals surface area contributed by atoms with Crippen molar-refractivity contribution < 1.29 is 4.42 Å². The highest BCUT2D eigenvalue weighted by Crippen LogP contribution is 2.25. The van der Waals surface area contributed by atoms with Crippen LogP contribution in [0.15, 0.2) is 27.8 Å². The molecule has 3 rings (SSSR count). The fourth-order valence-electron chi connectivity index (χ4n) is 3.17. The molecular weight excluding hydrogens is 296 g/mol. The summed E-state index contributed by atoms with van der Waals surface area (Å²) in [6.45, 7) is 4.95. The second-order valence-corrected chi connectivity index (χ2v) is 7.15. The van der Waals surface area contributed by atoms with Crippen molar-refractivity contribution >= 4 is 17.7 Å². The number of nitrogens with two attached hydrogens (primary N) is 1. The van der Waals surface area contributed by atoms with Crippen LogP contribution in [0, 0.1) is 0 Å². The predicted molar refractivity (Wildman–Crippen MR) is 92.3 cm³/mol. The number of furan rings is 1. The molecule has 1 aromatic rings. The smallest absolute Gasteiger partial charge is 0.191 e. The first kappa shape index (κ1) is 15.7. The van der Waals surface area contributed by atoms with Crippen LogP contribution >= 0.6 is 11.8 Å². The molecule has 0 saturated carbocycles. The molecule has 0 aromatic carbocycles. The fourth-order valence-corrected chi connectivity index (χ4v) is 4.07. The summed E-state index contributed by atoms with van der Waals surface area (Å²) in [7, 11) is 0. The lowest BCUT2D eigenvalue weighted by molar-refractivity contribution is 0.150. The number of aliphatic imine (C=N–C) groups is 1. The van der Waals surface area contributed by atoms with Gasteiger partial charge in [0.1, 0.15) is 5.76 Å². The Morgan fingerprint density at radius 1 is 1.23 bits per heavy atom. The quantitative estimate of drug-likeness (QED) is 0.680. The molecule has 6 heteroatoms. The molecule has 2 aliphatic rings. The van der Waals surface area contributed by atoms with E-state index in [1.54, 1.807) is 6.26 Å². The molecule has 2 fully saturated rings. The zero-order valence-electron chi connectivity index (χ0n) is 13.1. The van der Waals surface area contributed by atoms with E-state index in [9.17, 15) is 0 Å². The molecule has 0 bridgehead atoms. The molecule has 5 nitrogen and oxygen atoms in total. The third kappa shape index (κ3) is 3.98.